The lowest BCUT2D eigenvalue weighted by Gasteiger charge is -2.14. The number of hydrogen-bond donors (Lipinski definition) is 2. The molecule has 2 heterocycles. The van der Waals surface area contributed by atoms with Crippen molar-refractivity contribution < 1.29 is 5.11 Å². The van der Waals surface area contributed by atoms with Gasteiger partial charge in [0, 0.05) is 0 Å². The van der Waals surface area contributed by atoms with Crippen molar-refractivity contribution in [1.82, 2.24) is 19.7 Å². The summed E-state index contributed by atoms with van der Waals surface area (Å²) in [6, 6.07) is 9.81. The first-order valence-corrected chi connectivity index (χ1v) is 6.95. The third kappa shape index (κ3) is 2.57. The van der Waals surface area contributed by atoms with E-state index in [2.05, 4.69) is 20.4 Å². The van der Waals surface area contributed by atoms with Crippen LogP contribution in [0.4, 0.5) is 5.82 Å². The highest BCUT2D eigenvalue weighted by molar-refractivity contribution is 5.87. The van der Waals surface area contributed by atoms with Gasteiger partial charge in [-0.25, -0.2) is 14.6 Å². The quantitative estimate of drug-likeness (QED) is 0.749. The normalized spacial score (nSPS) is 12.5. The van der Waals surface area contributed by atoms with Crippen LogP contribution in [0.5, 0.6) is 0 Å². The Morgan fingerprint density at radius 3 is 2.76 bits per heavy atom. The predicted molar refractivity (Wildman–Crippen MR) is 81.4 cm³/mol. The molecule has 0 amide bonds. The molecule has 0 aliphatic rings. The monoisotopic (exact) mass is 283 g/mol. The van der Waals surface area contributed by atoms with Crippen molar-refractivity contribution in [1.29, 1.82) is 0 Å². The van der Waals surface area contributed by atoms with Gasteiger partial charge in [-0.2, -0.15) is 5.10 Å². The number of benzene rings is 1. The molecule has 2 aromatic heterocycles. The van der Waals surface area contributed by atoms with E-state index in [0.29, 0.717) is 5.82 Å². The van der Waals surface area contributed by atoms with Crippen molar-refractivity contribution in [2.24, 2.45) is 0 Å². The molecule has 1 atom stereocenters. The third-order valence-corrected chi connectivity index (χ3v) is 3.42. The lowest BCUT2D eigenvalue weighted by atomic mass is 10.2. The number of aromatic nitrogens is 4. The van der Waals surface area contributed by atoms with Crippen LogP contribution in [-0.4, -0.2) is 37.5 Å². The highest BCUT2D eigenvalue weighted by Gasteiger charge is 2.13. The van der Waals surface area contributed by atoms with Crippen LogP contribution in [0.15, 0.2) is 42.9 Å². The molecule has 0 radical (unpaired) electrons. The van der Waals surface area contributed by atoms with Crippen LogP contribution >= 0.6 is 0 Å². The van der Waals surface area contributed by atoms with Gasteiger partial charge in [0.25, 0.3) is 0 Å². The molecule has 0 bridgehead atoms. The lowest BCUT2D eigenvalue weighted by molar-refractivity contribution is 0.271. The SMILES string of the molecule is CC[C@@H](CO)Nc1ncnc2c1cnn2-c1ccccc1. The zero-order valence-corrected chi connectivity index (χ0v) is 11.8. The third-order valence-electron chi connectivity index (χ3n) is 3.42. The minimum absolute atomic E-state index is 0.0248. The molecule has 0 unspecified atom stereocenters. The number of para-hydroxylation sites is 1. The summed E-state index contributed by atoms with van der Waals surface area (Å²) in [5.41, 5.74) is 1.69. The van der Waals surface area contributed by atoms with Gasteiger partial charge in [-0.15, -0.1) is 0 Å². The number of aliphatic hydroxyl groups is 1. The van der Waals surface area contributed by atoms with Crippen LogP contribution in [0.3, 0.4) is 0 Å². The minimum Gasteiger partial charge on any atom is -0.394 e. The smallest absolute Gasteiger partial charge is 0.168 e. The van der Waals surface area contributed by atoms with Crippen molar-refractivity contribution in [2.45, 2.75) is 19.4 Å². The van der Waals surface area contributed by atoms with E-state index in [1.54, 1.807) is 10.9 Å². The number of hydrogen-bond acceptors (Lipinski definition) is 5. The Hall–Kier alpha value is -2.47. The molecule has 3 aromatic rings. The Labute approximate surface area is 122 Å². The first-order chi connectivity index (χ1) is 10.3. The highest BCUT2D eigenvalue weighted by atomic mass is 16.3. The van der Waals surface area contributed by atoms with Crippen LogP contribution in [-0.2, 0) is 0 Å². The molecule has 6 nitrogen and oxygen atoms in total. The van der Waals surface area contributed by atoms with Crippen molar-refractivity contribution >= 4 is 16.9 Å². The molecule has 2 N–H and O–H groups in total. The summed E-state index contributed by atoms with van der Waals surface area (Å²) < 4.78 is 1.78. The van der Waals surface area contributed by atoms with Crippen molar-refractivity contribution in [3.8, 4) is 5.69 Å². The molecule has 108 valence electrons. The van der Waals surface area contributed by atoms with Crippen LogP contribution in [0.2, 0.25) is 0 Å². The van der Waals surface area contributed by atoms with Gasteiger partial charge in [-0.3, -0.25) is 0 Å². The molecule has 0 spiro atoms. The maximum absolute atomic E-state index is 9.32. The summed E-state index contributed by atoms with van der Waals surface area (Å²) in [6.07, 6.45) is 4.07. The van der Waals surface area contributed by atoms with Gasteiger partial charge in [0.05, 0.1) is 29.9 Å². The molecule has 3 rings (SSSR count). The zero-order valence-electron chi connectivity index (χ0n) is 11.8. The van der Waals surface area contributed by atoms with Gasteiger partial charge in [0.1, 0.15) is 12.1 Å². The number of aliphatic hydroxyl groups excluding tert-OH is 1. The molecular formula is C15H17N5O. The second kappa shape index (κ2) is 5.88. The summed E-state index contributed by atoms with van der Waals surface area (Å²) in [5.74, 6) is 0.697. The van der Waals surface area contributed by atoms with E-state index in [1.165, 1.54) is 6.33 Å². The van der Waals surface area contributed by atoms with Crippen LogP contribution in [0.1, 0.15) is 13.3 Å². The van der Waals surface area contributed by atoms with E-state index in [0.717, 1.165) is 23.1 Å². The number of rotatable bonds is 5. The summed E-state index contributed by atoms with van der Waals surface area (Å²) in [7, 11) is 0. The zero-order chi connectivity index (χ0) is 14.7. The van der Waals surface area contributed by atoms with E-state index < -0.39 is 0 Å². The second-order valence-corrected chi connectivity index (χ2v) is 4.78. The Balaban J connectivity index is 2.04. The summed E-state index contributed by atoms with van der Waals surface area (Å²) in [5, 5.41) is 17.8. The van der Waals surface area contributed by atoms with Crippen LogP contribution < -0.4 is 5.32 Å². The Morgan fingerprint density at radius 2 is 2.05 bits per heavy atom. The van der Waals surface area contributed by atoms with E-state index in [1.807, 2.05) is 37.3 Å². The van der Waals surface area contributed by atoms with Gasteiger partial charge >= 0.3 is 0 Å². The summed E-state index contributed by atoms with van der Waals surface area (Å²) >= 11 is 0. The lowest BCUT2D eigenvalue weighted by Crippen LogP contribution is -2.23. The summed E-state index contributed by atoms with van der Waals surface area (Å²) in [6.45, 7) is 2.08. The van der Waals surface area contributed by atoms with Crippen LogP contribution in [0.25, 0.3) is 16.7 Å². The van der Waals surface area contributed by atoms with E-state index in [-0.39, 0.29) is 12.6 Å². The average molecular weight is 283 g/mol. The van der Waals surface area contributed by atoms with Gasteiger partial charge in [0.15, 0.2) is 5.65 Å². The molecule has 0 saturated carbocycles. The predicted octanol–water partition coefficient (Wildman–Crippen LogP) is 2.00. The molecular weight excluding hydrogens is 266 g/mol. The summed E-state index contributed by atoms with van der Waals surface area (Å²) in [4.78, 5) is 8.59. The van der Waals surface area contributed by atoms with Crippen molar-refractivity contribution in [3.05, 3.63) is 42.9 Å². The van der Waals surface area contributed by atoms with Gasteiger partial charge < -0.3 is 10.4 Å². The first kappa shape index (κ1) is 13.5. The molecule has 0 fully saturated rings. The fraction of sp³-hybridized carbons (Fsp3) is 0.267. The fourth-order valence-electron chi connectivity index (χ4n) is 2.19. The second-order valence-electron chi connectivity index (χ2n) is 4.78. The fourth-order valence-corrected chi connectivity index (χ4v) is 2.19. The van der Waals surface area contributed by atoms with E-state index >= 15 is 0 Å². The maximum atomic E-state index is 9.32. The number of nitrogens with one attached hydrogen (secondary N) is 1. The largest absolute Gasteiger partial charge is 0.394 e. The highest BCUT2D eigenvalue weighted by Crippen LogP contribution is 2.22. The Morgan fingerprint density at radius 1 is 1.24 bits per heavy atom. The van der Waals surface area contributed by atoms with Gasteiger partial charge in [0.2, 0.25) is 0 Å². The van der Waals surface area contributed by atoms with Crippen LogP contribution in [0, 0.1) is 0 Å². The van der Waals surface area contributed by atoms with Gasteiger partial charge in [-0.1, -0.05) is 25.1 Å². The average Bonchev–Trinajstić information content (AvgIpc) is 2.98. The maximum Gasteiger partial charge on any atom is 0.168 e. The van der Waals surface area contributed by atoms with Crippen molar-refractivity contribution in [2.75, 3.05) is 11.9 Å². The Bertz CT molecular complexity index is 721. The molecule has 1 aromatic carbocycles. The molecule has 0 aliphatic heterocycles. The standard InChI is InChI=1S/C15H17N5O/c1-2-11(9-21)19-14-13-8-18-20(15(13)17-10-16-14)12-6-4-3-5-7-12/h3-8,10-11,21H,2,9H2,1H3,(H,16,17,19)/t11-/m0/s1. The minimum atomic E-state index is -0.0248. The van der Waals surface area contributed by atoms with E-state index in [9.17, 15) is 5.11 Å². The molecule has 6 heteroatoms. The topological polar surface area (TPSA) is 75.9 Å². The number of fused-ring (bicyclic) bond motifs is 1. The van der Waals surface area contributed by atoms with E-state index in [4.69, 9.17) is 0 Å². The van der Waals surface area contributed by atoms with Gasteiger partial charge in [-0.05, 0) is 18.6 Å². The molecule has 21 heavy (non-hydrogen) atoms. The Kier molecular flexibility index (Phi) is 3.79. The molecule has 0 aliphatic carbocycles. The van der Waals surface area contributed by atoms with Crippen molar-refractivity contribution in [3.63, 3.8) is 0 Å². The number of anilines is 1. The number of nitrogens with zero attached hydrogens (tertiary/aromatic N) is 4. The first-order valence-electron chi connectivity index (χ1n) is 6.95. The molecule has 0 saturated heterocycles.